The second-order valence-corrected chi connectivity index (χ2v) is 5.06. The van der Waals surface area contributed by atoms with Crippen molar-refractivity contribution < 1.29 is 9.47 Å². The standard InChI is InChI=1S/C14H19N5O2/c1-3-20-12-5-10-4-9(2)21-13(10)6-11(12)7-15-8-14-16-18-19-17-14/h5-6,9,15H,3-4,7-8H2,1-2H3,(H,16,17,18,19). The lowest BCUT2D eigenvalue weighted by atomic mass is 10.1. The third kappa shape index (κ3) is 3.13. The number of hydrogen-bond acceptors (Lipinski definition) is 6. The maximum absolute atomic E-state index is 5.81. The molecule has 112 valence electrons. The van der Waals surface area contributed by atoms with Gasteiger partial charge in [0.25, 0.3) is 0 Å². The van der Waals surface area contributed by atoms with Gasteiger partial charge in [0.1, 0.15) is 17.6 Å². The van der Waals surface area contributed by atoms with Gasteiger partial charge in [-0.15, -0.1) is 10.2 Å². The highest BCUT2D eigenvalue weighted by atomic mass is 16.5. The van der Waals surface area contributed by atoms with Crippen LogP contribution in [0.5, 0.6) is 11.5 Å². The minimum Gasteiger partial charge on any atom is -0.494 e. The van der Waals surface area contributed by atoms with Gasteiger partial charge in [-0.3, -0.25) is 0 Å². The SMILES string of the molecule is CCOc1cc2c(cc1CNCc1nn[nH]n1)OC(C)C2. The summed E-state index contributed by atoms with van der Waals surface area (Å²) in [6.45, 7) is 5.93. The monoisotopic (exact) mass is 289 g/mol. The molecule has 1 aromatic heterocycles. The lowest BCUT2D eigenvalue weighted by Gasteiger charge is -2.12. The number of H-pyrrole nitrogens is 1. The summed E-state index contributed by atoms with van der Waals surface area (Å²) in [6.07, 6.45) is 1.17. The summed E-state index contributed by atoms with van der Waals surface area (Å²) in [5.74, 6) is 2.51. The van der Waals surface area contributed by atoms with Gasteiger partial charge in [-0.05, 0) is 26.0 Å². The Balaban J connectivity index is 1.72. The zero-order valence-corrected chi connectivity index (χ0v) is 12.2. The number of aromatic nitrogens is 4. The highest BCUT2D eigenvalue weighted by Crippen LogP contribution is 2.35. The Labute approximate surface area is 123 Å². The molecule has 2 heterocycles. The lowest BCUT2D eigenvalue weighted by molar-refractivity contribution is 0.254. The average Bonchev–Trinajstić information content (AvgIpc) is 3.07. The molecule has 21 heavy (non-hydrogen) atoms. The lowest BCUT2D eigenvalue weighted by Crippen LogP contribution is -2.15. The molecule has 1 aliphatic heterocycles. The summed E-state index contributed by atoms with van der Waals surface area (Å²) in [5, 5.41) is 17.1. The van der Waals surface area contributed by atoms with Crippen LogP contribution >= 0.6 is 0 Å². The predicted molar refractivity (Wildman–Crippen MR) is 76.1 cm³/mol. The van der Waals surface area contributed by atoms with Crippen molar-refractivity contribution in [3.8, 4) is 11.5 Å². The molecule has 7 heteroatoms. The first-order valence-corrected chi connectivity index (χ1v) is 7.14. The second-order valence-electron chi connectivity index (χ2n) is 5.06. The fourth-order valence-electron chi connectivity index (χ4n) is 2.48. The quantitative estimate of drug-likeness (QED) is 0.831. The van der Waals surface area contributed by atoms with Gasteiger partial charge < -0.3 is 14.8 Å². The van der Waals surface area contributed by atoms with Gasteiger partial charge in [0.2, 0.25) is 0 Å². The molecule has 3 rings (SSSR count). The van der Waals surface area contributed by atoms with E-state index in [1.807, 2.05) is 6.92 Å². The molecule has 2 aromatic rings. The topological polar surface area (TPSA) is 85.0 Å². The van der Waals surface area contributed by atoms with Crippen LogP contribution < -0.4 is 14.8 Å². The summed E-state index contributed by atoms with van der Waals surface area (Å²) >= 11 is 0. The van der Waals surface area contributed by atoms with Gasteiger partial charge in [0.05, 0.1) is 13.2 Å². The Morgan fingerprint density at radius 3 is 3.10 bits per heavy atom. The minimum atomic E-state index is 0.233. The molecule has 0 saturated carbocycles. The smallest absolute Gasteiger partial charge is 0.188 e. The summed E-state index contributed by atoms with van der Waals surface area (Å²) in [4.78, 5) is 0. The highest BCUT2D eigenvalue weighted by Gasteiger charge is 2.21. The first-order valence-electron chi connectivity index (χ1n) is 7.14. The fourth-order valence-corrected chi connectivity index (χ4v) is 2.48. The molecule has 1 aliphatic rings. The van der Waals surface area contributed by atoms with Gasteiger partial charge in [0.15, 0.2) is 5.82 Å². The van der Waals surface area contributed by atoms with E-state index >= 15 is 0 Å². The molecule has 1 unspecified atom stereocenters. The van der Waals surface area contributed by atoms with E-state index in [9.17, 15) is 0 Å². The minimum absolute atomic E-state index is 0.233. The van der Waals surface area contributed by atoms with Crippen molar-refractivity contribution in [1.82, 2.24) is 25.9 Å². The van der Waals surface area contributed by atoms with E-state index in [1.165, 1.54) is 5.56 Å². The van der Waals surface area contributed by atoms with E-state index in [0.29, 0.717) is 25.5 Å². The van der Waals surface area contributed by atoms with Gasteiger partial charge in [-0.2, -0.15) is 5.21 Å². The number of hydrogen-bond donors (Lipinski definition) is 2. The Hall–Kier alpha value is -2.15. The van der Waals surface area contributed by atoms with E-state index in [1.54, 1.807) is 0 Å². The zero-order chi connectivity index (χ0) is 14.7. The van der Waals surface area contributed by atoms with Crippen molar-refractivity contribution in [2.75, 3.05) is 6.61 Å². The number of tetrazole rings is 1. The van der Waals surface area contributed by atoms with Crippen LogP contribution in [-0.2, 0) is 19.5 Å². The van der Waals surface area contributed by atoms with Crippen LogP contribution in [0.15, 0.2) is 12.1 Å². The Bertz CT molecular complexity index is 600. The van der Waals surface area contributed by atoms with Crippen LogP contribution in [0, 0.1) is 0 Å². The van der Waals surface area contributed by atoms with Gasteiger partial charge in [0, 0.05) is 24.1 Å². The number of benzene rings is 1. The molecule has 0 aliphatic carbocycles. The molecular formula is C14H19N5O2. The van der Waals surface area contributed by atoms with Crippen LogP contribution in [0.4, 0.5) is 0 Å². The number of nitrogens with zero attached hydrogens (tertiary/aromatic N) is 3. The third-order valence-corrected chi connectivity index (χ3v) is 3.37. The first kappa shape index (κ1) is 13.8. The molecule has 0 fully saturated rings. The van der Waals surface area contributed by atoms with E-state index < -0.39 is 0 Å². The van der Waals surface area contributed by atoms with Crippen molar-refractivity contribution in [2.45, 2.75) is 39.5 Å². The normalized spacial score (nSPS) is 16.6. The van der Waals surface area contributed by atoms with E-state index in [0.717, 1.165) is 23.5 Å². The largest absolute Gasteiger partial charge is 0.494 e. The molecule has 0 amide bonds. The third-order valence-electron chi connectivity index (χ3n) is 3.37. The number of aromatic amines is 1. The summed E-state index contributed by atoms with van der Waals surface area (Å²) in [5.41, 5.74) is 2.29. The van der Waals surface area contributed by atoms with Crippen LogP contribution in [0.25, 0.3) is 0 Å². The van der Waals surface area contributed by atoms with Crippen molar-refractivity contribution in [3.05, 3.63) is 29.1 Å². The van der Waals surface area contributed by atoms with Crippen molar-refractivity contribution >= 4 is 0 Å². The van der Waals surface area contributed by atoms with Crippen LogP contribution in [-0.4, -0.2) is 33.3 Å². The van der Waals surface area contributed by atoms with E-state index in [2.05, 4.69) is 45.0 Å². The van der Waals surface area contributed by atoms with Crippen molar-refractivity contribution in [2.24, 2.45) is 0 Å². The first-order chi connectivity index (χ1) is 10.3. The maximum atomic E-state index is 5.81. The number of fused-ring (bicyclic) bond motifs is 1. The molecule has 0 bridgehead atoms. The fraction of sp³-hybridized carbons (Fsp3) is 0.500. The molecular weight excluding hydrogens is 270 g/mol. The maximum Gasteiger partial charge on any atom is 0.188 e. The Morgan fingerprint density at radius 1 is 1.43 bits per heavy atom. The highest BCUT2D eigenvalue weighted by molar-refractivity contribution is 5.48. The number of nitrogens with one attached hydrogen (secondary N) is 2. The van der Waals surface area contributed by atoms with Gasteiger partial charge in [-0.1, -0.05) is 5.21 Å². The second kappa shape index (κ2) is 6.09. The molecule has 0 spiro atoms. The number of rotatable bonds is 6. The van der Waals surface area contributed by atoms with Gasteiger partial charge >= 0.3 is 0 Å². The van der Waals surface area contributed by atoms with Crippen molar-refractivity contribution in [3.63, 3.8) is 0 Å². The molecule has 1 aromatic carbocycles. The average molecular weight is 289 g/mol. The van der Waals surface area contributed by atoms with E-state index in [-0.39, 0.29) is 6.10 Å². The predicted octanol–water partition coefficient (Wildman–Crippen LogP) is 1.21. The zero-order valence-electron chi connectivity index (χ0n) is 12.2. The molecule has 1 atom stereocenters. The Morgan fingerprint density at radius 2 is 2.33 bits per heavy atom. The summed E-state index contributed by atoms with van der Waals surface area (Å²) in [6, 6.07) is 4.15. The number of ether oxygens (including phenoxy) is 2. The van der Waals surface area contributed by atoms with E-state index in [4.69, 9.17) is 9.47 Å². The van der Waals surface area contributed by atoms with Crippen molar-refractivity contribution in [1.29, 1.82) is 0 Å². The van der Waals surface area contributed by atoms with Gasteiger partial charge in [-0.25, -0.2) is 0 Å². The van der Waals surface area contributed by atoms with Crippen LogP contribution in [0.2, 0.25) is 0 Å². The molecule has 0 saturated heterocycles. The summed E-state index contributed by atoms with van der Waals surface area (Å²) < 4.78 is 11.5. The summed E-state index contributed by atoms with van der Waals surface area (Å²) in [7, 11) is 0. The molecule has 7 nitrogen and oxygen atoms in total. The van der Waals surface area contributed by atoms with Crippen LogP contribution in [0.3, 0.4) is 0 Å². The van der Waals surface area contributed by atoms with Crippen LogP contribution in [0.1, 0.15) is 30.8 Å². The molecule has 2 N–H and O–H groups in total. The Kier molecular flexibility index (Phi) is 4.01. The molecule has 0 radical (unpaired) electrons.